The molecule has 1 aromatic carbocycles. The molecule has 1 atom stereocenters. The van der Waals surface area contributed by atoms with Gasteiger partial charge in [0.25, 0.3) is 5.91 Å². The maximum atomic E-state index is 12.0. The second-order valence-corrected chi connectivity index (χ2v) is 5.53. The van der Waals surface area contributed by atoms with Gasteiger partial charge in [-0.2, -0.15) is 0 Å². The Morgan fingerprint density at radius 2 is 2.15 bits per heavy atom. The van der Waals surface area contributed by atoms with Crippen LogP contribution in [-0.2, 0) is 0 Å². The number of hydrogen-bond acceptors (Lipinski definition) is 4. The number of nitrogens with one attached hydrogen (secondary N) is 1. The van der Waals surface area contributed by atoms with Gasteiger partial charge in [0.1, 0.15) is 11.4 Å². The van der Waals surface area contributed by atoms with E-state index < -0.39 is 0 Å². The highest BCUT2D eigenvalue weighted by Gasteiger charge is 2.13. The summed E-state index contributed by atoms with van der Waals surface area (Å²) in [5.74, 6) is 0.654. The minimum atomic E-state index is -0.158. The van der Waals surface area contributed by atoms with Gasteiger partial charge in [-0.1, -0.05) is 12.1 Å². The highest BCUT2D eigenvalue weighted by molar-refractivity contribution is 7.07. The van der Waals surface area contributed by atoms with Gasteiger partial charge in [-0.25, -0.2) is 4.98 Å². The minimum absolute atomic E-state index is 0.0973. The smallest absolute Gasteiger partial charge is 0.271 e. The lowest BCUT2D eigenvalue weighted by atomic mass is 10.1. The number of benzene rings is 1. The molecular formula is C15H18N2O2S. The molecule has 0 aliphatic heterocycles. The molecule has 106 valence electrons. The van der Waals surface area contributed by atoms with E-state index in [-0.39, 0.29) is 18.1 Å². The number of carbonyl (C=O) groups is 1. The van der Waals surface area contributed by atoms with E-state index in [4.69, 9.17) is 4.74 Å². The highest BCUT2D eigenvalue weighted by Crippen LogP contribution is 2.20. The Labute approximate surface area is 122 Å². The van der Waals surface area contributed by atoms with E-state index in [2.05, 4.69) is 10.3 Å². The van der Waals surface area contributed by atoms with E-state index in [0.29, 0.717) is 5.69 Å². The first kappa shape index (κ1) is 14.5. The van der Waals surface area contributed by atoms with Gasteiger partial charge in [-0.05, 0) is 38.5 Å². The van der Waals surface area contributed by atoms with Crippen molar-refractivity contribution < 1.29 is 9.53 Å². The van der Waals surface area contributed by atoms with Crippen LogP contribution in [-0.4, -0.2) is 17.0 Å². The van der Waals surface area contributed by atoms with Crippen LogP contribution in [0.25, 0.3) is 0 Å². The Hall–Kier alpha value is -1.88. The summed E-state index contributed by atoms with van der Waals surface area (Å²) in [6.07, 6.45) is 0.130. The lowest BCUT2D eigenvalue weighted by molar-refractivity contribution is 0.0935. The fourth-order valence-electron chi connectivity index (χ4n) is 1.81. The average Bonchev–Trinajstić information content (AvgIpc) is 2.92. The predicted molar refractivity (Wildman–Crippen MR) is 80.2 cm³/mol. The topological polar surface area (TPSA) is 51.2 Å². The quantitative estimate of drug-likeness (QED) is 0.918. The fraction of sp³-hybridized carbons (Fsp3) is 0.333. The zero-order chi connectivity index (χ0) is 14.5. The molecule has 0 radical (unpaired) electrons. The summed E-state index contributed by atoms with van der Waals surface area (Å²) in [7, 11) is 0. The largest absolute Gasteiger partial charge is 0.491 e. The third-order valence-corrected chi connectivity index (χ3v) is 3.33. The lowest BCUT2D eigenvalue weighted by Crippen LogP contribution is -2.26. The van der Waals surface area contributed by atoms with E-state index in [1.54, 1.807) is 10.9 Å². The Morgan fingerprint density at radius 3 is 2.80 bits per heavy atom. The van der Waals surface area contributed by atoms with E-state index in [9.17, 15) is 4.79 Å². The Kier molecular flexibility index (Phi) is 4.74. The van der Waals surface area contributed by atoms with Gasteiger partial charge >= 0.3 is 0 Å². The predicted octanol–water partition coefficient (Wildman–Crippen LogP) is 3.42. The molecule has 0 spiro atoms. The molecule has 0 fully saturated rings. The van der Waals surface area contributed by atoms with Crippen LogP contribution in [0.4, 0.5) is 0 Å². The SMILES string of the molecule is CC(C)Oc1cccc(C(C)NC(=O)c2cscn2)c1. The van der Waals surface area contributed by atoms with Crippen molar-refractivity contribution in [2.75, 3.05) is 0 Å². The van der Waals surface area contributed by atoms with E-state index in [1.165, 1.54) is 11.3 Å². The second kappa shape index (κ2) is 6.52. The molecule has 20 heavy (non-hydrogen) atoms. The Morgan fingerprint density at radius 1 is 1.35 bits per heavy atom. The molecule has 0 bridgehead atoms. The number of aromatic nitrogens is 1. The van der Waals surface area contributed by atoms with E-state index in [0.717, 1.165) is 11.3 Å². The number of amides is 1. The first-order valence-electron chi connectivity index (χ1n) is 6.52. The Balaban J connectivity index is 2.05. The first-order chi connectivity index (χ1) is 9.56. The maximum Gasteiger partial charge on any atom is 0.271 e. The highest BCUT2D eigenvalue weighted by atomic mass is 32.1. The molecule has 1 aromatic heterocycles. The molecule has 0 saturated heterocycles. The Bertz CT molecular complexity index is 567. The molecule has 2 aromatic rings. The standard InChI is InChI=1S/C15H18N2O2S/c1-10(2)19-13-6-4-5-12(7-13)11(3)17-15(18)14-8-20-9-16-14/h4-11H,1-3H3,(H,17,18). The van der Waals surface area contributed by atoms with Crippen molar-refractivity contribution in [3.8, 4) is 5.75 Å². The van der Waals surface area contributed by atoms with E-state index >= 15 is 0 Å². The second-order valence-electron chi connectivity index (χ2n) is 4.81. The van der Waals surface area contributed by atoms with Crippen molar-refractivity contribution in [2.45, 2.75) is 32.9 Å². The fourth-order valence-corrected chi connectivity index (χ4v) is 2.34. The molecule has 0 saturated carbocycles. The van der Waals surface area contributed by atoms with Crippen LogP contribution in [0.1, 0.15) is 42.9 Å². The number of nitrogens with zero attached hydrogens (tertiary/aromatic N) is 1. The van der Waals surface area contributed by atoms with Crippen molar-refractivity contribution in [3.63, 3.8) is 0 Å². The summed E-state index contributed by atoms with van der Waals surface area (Å²) in [5.41, 5.74) is 3.11. The number of hydrogen-bond donors (Lipinski definition) is 1. The third kappa shape index (κ3) is 3.81. The van der Waals surface area contributed by atoms with Crippen LogP contribution in [0.5, 0.6) is 5.75 Å². The molecule has 0 aliphatic carbocycles. The van der Waals surface area contributed by atoms with Crippen LogP contribution in [0.3, 0.4) is 0 Å². The monoisotopic (exact) mass is 290 g/mol. The zero-order valence-corrected chi connectivity index (χ0v) is 12.6. The molecule has 5 heteroatoms. The molecular weight excluding hydrogens is 272 g/mol. The van der Waals surface area contributed by atoms with Crippen LogP contribution < -0.4 is 10.1 Å². The molecule has 1 heterocycles. The average molecular weight is 290 g/mol. The molecule has 1 amide bonds. The number of ether oxygens (including phenoxy) is 1. The first-order valence-corrected chi connectivity index (χ1v) is 7.46. The summed E-state index contributed by atoms with van der Waals surface area (Å²) >= 11 is 1.41. The third-order valence-electron chi connectivity index (χ3n) is 2.74. The minimum Gasteiger partial charge on any atom is -0.491 e. The molecule has 1 N–H and O–H groups in total. The maximum absolute atomic E-state index is 12.0. The van der Waals surface area contributed by atoms with Gasteiger partial charge in [0.05, 0.1) is 17.7 Å². The van der Waals surface area contributed by atoms with Crippen LogP contribution in [0.15, 0.2) is 35.2 Å². The van der Waals surface area contributed by atoms with Gasteiger partial charge in [0.15, 0.2) is 0 Å². The van der Waals surface area contributed by atoms with Crippen molar-refractivity contribution in [1.82, 2.24) is 10.3 Å². The van der Waals surface area contributed by atoms with Crippen molar-refractivity contribution >= 4 is 17.2 Å². The van der Waals surface area contributed by atoms with E-state index in [1.807, 2.05) is 45.0 Å². The van der Waals surface area contributed by atoms with Crippen LogP contribution >= 0.6 is 11.3 Å². The molecule has 4 nitrogen and oxygen atoms in total. The number of carbonyl (C=O) groups excluding carboxylic acids is 1. The van der Waals surface area contributed by atoms with Crippen molar-refractivity contribution in [1.29, 1.82) is 0 Å². The van der Waals surface area contributed by atoms with Crippen LogP contribution in [0.2, 0.25) is 0 Å². The zero-order valence-electron chi connectivity index (χ0n) is 11.8. The molecule has 1 unspecified atom stereocenters. The van der Waals surface area contributed by atoms with Crippen LogP contribution in [0, 0.1) is 0 Å². The lowest BCUT2D eigenvalue weighted by Gasteiger charge is -2.16. The summed E-state index contributed by atoms with van der Waals surface area (Å²) in [5, 5.41) is 4.67. The van der Waals surface area contributed by atoms with Crippen molar-refractivity contribution in [3.05, 3.63) is 46.4 Å². The summed E-state index contributed by atoms with van der Waals surface area (Å²) < 4.78 is 5.66. The number of thiazole rings is 1. The molecule has 0 aliphatic rings. The van der Waals surface area contributed by atoms with Gasteiger partial charge in [0, 0.05) is 5.38 Å². The summed E-state index contributed by atoms with van der Waals surface area (Å²) in [6.45, 7) is 5.92. The summed E-state index contributed by atoms with van der Waals surface area (Å²) in [4.78, 5) is 16.0. The normalized spacial score (nSPS) is 12.2. The van der Waals surface area contributed by atoms with Gasteiger partial charge < -0.3 is 10.1 Å². The number of rotatable bonds is 5. The van der Waals surface area contributed by atoms with Crippen molar-refractivity contribution in [2.24, 2.45) is 0 Å². The van der Waals surface area contributed by atoms with Gasteiger partial charge in [-0.3, -0.25) is 4.79 Å². The van der Waals surface area contributed by atoms with Gasteiger partial charge in [-0.15, -0.1) is 11.3 Å². The summed E-state index contributed by atoms with van der Waals surface area (Å²) in [6, 6.07) is 7.67. The molecule has 2 rings (SSSR count). The van der Waals surface area contributed by atoms with Gasteiger partial charge in [0.2, 0.25) is 0 Å².